The van der Waals surface area contributed by atoms with Crippen LogP contribution in [0.3, 0.4) is 0 Å². The second-order valence-electron chi connectivity index (χ2n) is 6.30. The van der Waals surface area contributed by atoms with Gasteiger partial charge in [0.1, 0.15) is 0 Å². The van der Waals surface area contributed by atoms with Crippen molar-refractivity contribution >= 4 is 16.9 Å². The molecule has 1 saturated carbocycles. The fourth-order valence-corrected chi connectivity index (χ4v) is 4.53. The minimum Gasteiger partial charge on any atom is -0.361 e. The SMILES string of the molecule is CCC1CCCCC1N=C1NC(Cc2ccccc2)CS1. The molecule has 0 amide bonds. The van der Waals surface area contributed by atoms with E-state index in [2.05, 4.69) is 42.6 Å². The Morgan fingerprint density at radius 2 is 2.00 bits per heavy atom. The summed E-state index contributed by atoms with van der Waals surface area (Å²) in [6, 6.07) is 11.9. The number of aliphatic imine (C=N–C) groups is 1. The molecular formula is C18H26N2S. The number of nitrogens with one attached hydrogen (secondary N) is 1. The zero-order valence-electron chi connectivity index (χ0n) is 12.9. The van der Waals surface area contributed by atoms with Gasteiger partial charge in [0.25, 0.3) is 0 Å². The van der Waals surface area contributed by atoms with Crippen molar-refractivity contribution in [2.24, 2.45) is 10.9 Å². The van der Waals surface area contributed by atoms with Crippen molar-refractivity contribution in [3.05, 3.63) is 35.9 Å². The first-order valence-electron chi connectivity index (χ1n) is 8.36. The number of hydrogen-bond acceptors (Lipinski definition) is 2. The average molecular weight is 302 g/mol. The van der Waals surface area contributed by atoms with Gasteiger partial charge in [-0.05, 0) is 30.7 Å². The van der Waals surface area contributed by atoms with Gasteiger partial charge in [-0.15, -0.1) is 0 Å². The van der Waals surface area contributed by atoms with Gasteiger partial charge in [0, 0.05) is 11.8 Å². The van der Waals surface area contributed by atoms with E-state index in [0.29, 0.717) is 12.1 Å². The van der Waals surface area contributed by atoms with Crippen molar-refractivity contribution < 1.29 is 0 Å². The second kappa shape index (κ2) is 7.35. The second-order valence-corrected chi connectivity index (χ2v) is 7.31. The summed E-state index contributed by atoms with van der Waals surface area (Å²) in [5.41, 5.74) is 1.42. The number of hydrogen-bond donors (Lipinski definition) is 1. The minimum atomic E-state index is 0.541. The lowest BCUT2D eigenvalue weighted by atomic mass is 9.83. The van der Waals surface area contributed by atoms with Crippen molar-refractivity contribution in [2.75, 3.05) is 5.75 Å². The summed E-state index contributed by atoms with van der Waals surface area (Å²) in [6.45, 7) is 2.32. The van der Waals surface area contributed by atoms with E-state index in [9.17, 15) is 0 Å². The van der Waals surface area contributed by atoms with Gasteiger partial charge in [-0.3, -0.25) is 4.99 Å². The molecule has 2 nitrogen and oxygen atoms in total. The van der Waals surface area contributed by atoms with Crippen LogP contribution < -0.4 is 5.32 Å². The lowest BCUT2D eigenvalue weighted by Gasteiger charge is -2.28. The molecule has 1 heterocycles. The van der Waals surface area contributed by atoms with Gasteiger partial charge >= 0.3 is 0 Å². The van der Waals surface area contributed by atoms with Crippen molar-refractivity contribution in [3.8, 4) is 0 Å². The van der Waals surface area contributed by atoms with E-state index in [4.69, 9.17) is 4.99 Å². The largest absolute Gasteiger partial charge is 0.361 e. The van der Waals surface area contributed by atoms with Crippen LogP contribution >= 0.6 is 11.8 Å². The number of amidine groups is 1. The monoisotopic (exact) mass is 302 g/mol. The topological polar surface area (TPSA) is 24.4 Å². The molecule has 1 aliphatic carbocycles. The molecule has 2 fully saturated rings. The normalized spacial score (nSPS) is 31.3. The van der Waals surface area contributed by atoms with Gasteiger partial charge in [0.15, 0.2) is 5.17 Å². The third-order valence-corrected chi connectivity index (χ3v) is 5.82. The van der Waals surface area contributed by atoms with Gasteiger partial charge in [0.05, 0.1) is 6.04 Å². The molecule has 114 valence electrons. The number of nitrogens with zero attached hydrogens (tertiary/aromatic N) is 1. The molecule has 1 aliphatic heterocycles. The van der Waals surface area contributed by atoms with Gasteiger partial charge in [-0.1, -0.05) is 68.3 Å². The Morgan fingerprint density at radius 3 is 2.81 bits per heavy atom. The molecule has 1 saturated heterocycles. The van der Waals surface area contributed by atoms with Crippen LogP contribution in [-0.2, 0) is 6.42 Å². The molecule has 1 N–H and O–H groups in total. The Morgan fingerprint density at radius 1 is 1.19 bits per heavy atom. The van der Waals surface area contributed by atoms with Crippen LogP contribution in [0.4, 0.5) is 0 Å². The summed E-state index contributed by atoms with van der Waals surface area (Å²) >= 11 is 1.91. The zero-order chi connectivity index (χ0) is 14.5. The van der Waals surface area contributed by atoms with E-state index in [1.165, 1.54) is 42.8 Å². The third kappa shape index (κ3) is 4.03. The van der Waals surface area contributed by atoms with Crippen LogP contribution in [0.2, 0.25) is 0 Å². The molecule has 2 aliphatic rings. The zero-order valence-corrected chi connectivity index (χ0v) is 13.7. The third-order valence-electron chi connectivity index (χ3n) is 4.75. The quantitative estimate of drug-likeness (QED) is 0.898. The summed E-state index contributed by atoms with van der Waals surface area (Å²) < 4.78 is 0. The predicted molar refractivity (Wildman–Crippen MR) is 93.0 cm³/mol. The molecule has 3 rings (SSSR count). The molecule has 0 bridgehead atoms. The minimum absolute atomic E-state index is 0.541. The maximum Gasteiger partial charge on any atom is 0.157 e. The first kappa shape index (κ1) is 15.0. The summed E-state index contributed by atoms with van der Waals surface area (Å²) in [4.78, 5) is 5.05. The molecule has 1 aromatic rings. The van der Waals surface area contributed by atoms with E-state index >= 15 is 0 Å². The lowest BCUT2D eigenvalue weighted by molar-refractivity contribution is 0.302. The summed E-state index contributed by atoms with van der Waals surface area (Å²) in [5, 5.41) is 4.84. The molecule has 3 unspecified atom stereocenters. The standard InChI is InChI=1S/C18H26N2S/c1-2-15-10-6-7-11-17(15)20-18-19-16(13-21-18)12-14-8-4-3-5-9-14/h3-5,8-9,15-17H,2,6-7,10-13H2,1H3,(H,19,20). The Balaban J connectivity index is 1.57. The fourth-order valence-electron chi connectivity index (χ4n) is 3.51. The van der Waals surface area contributed by atoms with Crippen molar-refractivity contribution in [2.45, 2.75) is 57.5 Å². The van der Waals surface area contributed by atoms with Crippen LogP contribution in [0.15, 0.2) is 35.3 Å². The van der Waals surface area contributed by atoms with E-state index in [1.54, 1.807) is 0 Å². The smallest absolute Gasteiger partial charge is 0.157 e. The number of benzene rings is 1. The average Bonchev–Trinajstić information content (AvgIpc) is 2.96. The summed E-state index contributed by atoms with van der Waals surface area (Å²) in [7, 11) is 0. The highest BCUT2D eigenvalue weighted by Gasteiger charge is 2.26. The van der Waals surface area contributed by atoms with Crippen LogP contribution in [0, 0.1) is 5.92 Å². The van der Waals surface area contributed by atoms with E-state index < -0.39 is 0 Å². The molecule has 3 heteroatoms. The van der Waals surface area contributed by atoms with Gasteiger partial charge in [-0.2, -0.15) is 0 Å². The van der Waals surface area contributed by atoms with Gasteiger partial charge in [0.2, 0.25) is 0 Å². The highest BCUT2D eigenvalue weighted by atomic mass is 32.2. The number of thioether (sulfide) groups is 1. The summed E-state index contributed by atoms with van der Waals surface area (Å²) in [5.74, 6) is 1.96. The molecule has 0 spiro atoms. The van der Waals surface area contributed by atoms with E-state index in [0.717, 1.165) is 18.1 Å². The molecular weight excluding hydrogens is 276 g/mol. The maximum atomic E-state index is 5.05. The Kier molecular flexibility index (Phi) is 5.23. The van der Waals surface area contributed by atoms with Crippen LogP contribution in [0.5, 0.6) is 0 Å². The Hall–Kier alpha value is -0.960. The molecule has 21 heavy (non-hydrogen) atoms. The predicted octanol–water partition coefficient (Wildman–Crippen LogP) is 4.26. The highest BCUT2D eigenvalue weighted by molar-refractivity contribution is 8.14. The fraction of sp³-hybridized carbons (Fsp3) is 0.611. The maximum absolute atomic E-state index is 5.05. The van der Waals surface area contributed by atoms with E-state index in [1.807, 2.05) is 11.8 Å². The Bertz CT molecular complexity index is 471. The van der Waals surface area contributed by atoms with Crippen LogP contribution in [0.1, 0.15) is 44.6 Å². The molecule has 0 aromatic heterocycles. The van der Waals surface area contributed by atoms with Crippen molar-refractivity contribution in [1.82, 2.24) is 5.32 Å². The van der Waals surface area contributed by atoms with Crippen molar-refractivity contribution in [1.29, 1.82) is 0 Å². The van der Waals surface area contributed by atoms with Crippen LogP contribution in [-0.4, -0.2) is 23.0 Å². The van der Waals surface area contributed by atoms with Crippen molar-refractivity contribution in [3.63, 3.8) is 0 Å². The lowest BCUT2D eigenvalue weighted by Crippen LogP contribution is -2.31. The number of rotatable bonds is 4. The molecule has 3 atom stereocenters. The first-order valence-corrected chi connectivity index (χ1v) is 9.34. The summed E-state index contributed by atoms with van der Waals surface area (Å²) in [6.07, 6.45) is 7.80. The van der Waals surface area contributed by atoms with Gasteiger partial charge < -0.3 is 5.32 Å². The van der Waals surface area contributed by atoms with Gasteiger partial charge in [-0.25, -0.2) is 0 Å². The molecule has 0 radical (unpaired) electrons. The molecule has 1 aromatic carbocycles. The highest BCUT2D eigenvalue weighted by Crippen LogP contribution is 2.30. The Labute approximate surface area is 132 Å². The van der Waals surface area contributed by atoms with Crippen LogP contribution in [0.25, 0.3) is 0 Å². The first-order chi connectivity index (χ1) is 10.3. The van der Waals surface area contributed by atoms with E-state index in [-0.39, 0.29) is 0 Å².